The van der Waals surface area contributed by atoms with Crippen LogP contribution in [-0.4, -0.2) is 40.9 Å². The Bertz CT molecular complexity index is 872. The lowest BCUT2D eigenvalue weighted by atomic mass is 10.0. The quantitative estimate of drug-likeness (QED) is 0.757. The first kappa shape index (κ1) is 21.9. The predicted octanol–water partition coefficient (Wildman–Crippen LogP) is 3.47. The van der Waals surface area contributed by atoms with Crippen LogP contribution in [0, 0.1) is 5.92 Å². The molecule has 2 aliphatic rings. The molecule has 2 amide bonds. The van der Waals surface area contributed by atoms with Crippen LogP contribution in [0.15, 0.2) is 42.5 Å². The third kappa shape index (κ3) is 4.71. The van der Waals surface area contributed by atoms with Crippen molar-refractivity contribution in [3.63, 3.8) is 0 Å². The summed E-state index contributed by atoms with van der Waals surface area (Å²) in [5.41, 5.74) is 6.98. The summed E-state index contributed by atoms with van der Waals surface area (Å²) >= 11 is 1.65. The number of hydrogen-bond donors (Lipinski definition) is 2. The van der Waals surface area contributed by atoms with Crippen molar-refractivity contribution in [1.29, 1.82) is 0 Å². The van der Waals surface area contributed by atoms with Crippen molar-refractivity contribution in [3.05, 3.63) is 48.0 Å². The minimum atomic E-state index is -0.396. The van der Waals surface area contributed by atoms with Crippen molar-refractivity contribution in [2.45, 2.75) is 37.8 Å². The second kappa shape index (κ2) is 9.83. The van der Waals surface area contributed by atoms with E-state index in [4.69, 9.17) is 5.73 Å². The SMILES string of the molecule is Cl.NCC(NC(=O)C1CSCN1C(=O)C1CCCC1)c1ccc2ccccc2c1. The maximum absolute atomic E-state index is 13.0. The van der Waals surface area contributed by atoms with E-state index in [1.807, 2.05) is 18.2 Å². The maximum atomic E-state index is 13.0. The summed E-state index contributed by atoms with van der Waals surface area (Å²) in [6.07, 6.45) is 4.14. The Kier molecular flexibility index (Phi) is 7.44. The van der Waals surface area contributed by atoms with Gasteiger partial charge in [-0.05, 0) is 35.2 Å². The number of carbonyl (C=O) groups excluding carboxylic acids is 2. The molecule has 1 aliphatic heterocycles. The van der Waals surface area contributed by atoms with Gasteiger partial charge in [-0.3, -0.25) is 9.59 Å². The van der Waals surface area contributed by atoms with Crippen molar-refractivity contribution in [2.24, 2.45) is 11.7 Å². The zero-order chi connectivity index (χ0) is 19.5. The molecule has 2 unspecified atom stereocenters. The first-order valence-corrected chi connectivity index (χ1v) is 11.2. The van der Waals surface area contributed by atoms with Crippen LogP contribution in [0.4, 0.5) is 0 Å². The van der Waals surface area contributed by atoms with E-state index in [0.29, 0.717) is 18.2 Å². The number of benzene rings is 2. The third-order valence-corrected chi connectivity index (χ3v) is 6.91. The molecule has 7 heteroatoms. The number of hydrogen-bond acceptors (Lipinski definition) is 4. The fourth-order valence-electron chi connectivity index (χ4n) is 4.26. The highest BCUT2D eigenvalue weighted by molar-refractivity contribution is 7.99. The molecule has 1 aliphatic carbocycles. The lowest BCUT2D eigenvalue weighted by Gasteiger charge is -2.27. The molecule has 0 bridgehead atoms. The molecule has 1 heterocycles. The molecule has 0 spiro atoms. The molecule has 29 heavy (non-hydrogen) atoms. The van der Waals surface area contributed by atoms with Crippen LogP contribution in [-0.2, 0) is 9.59 Å². The van der Waals surface area contributed by atoms with E-state index in [1.54, 1.807) is 16.7 Å². The molecule has 2 aromatic carbocycles. The first-order chi connectivity index (χ1) is 13.7. The van der Waals surface area contributed by atoms with Gasteiger partial charge in [0.25, 0.3) is 0 Å². The molecule has 1 saturated heterocycles. The number of nitrogens with zero attached hydrogens (tertiary/aromatic N) is 1. The van der Waals surface area contributed by atoms with E-state index >= 15 is 0 Å². The van der Waals surface area contributed by atoms with Crippen LogP contribution in [0.25, 0.3) is 10.8 Å². The van der Waals surface area contributed by atoms with Crippen molar-refractivity contribution in [3.8, 4) is 0 Å². The van der Waals surface area contributed by atoms with E-state index < -0.39 is 6.04 Å². The third-order valence-electron chi connectivity index (χ3n) is 5.90. The fraction of sp³-hybridized carbons (Fsp3) is 0.455. The summed E-state index contributed by atoms with van der Waals surface area (Å²) in [7, 11) is 0. The average molecular weight is 434 g/mol. The largest absolute Gasteiger partial charge is 0.346 e. The normalized spacial score (nSPS) is 20.4. The first-order valence-electron chi connectivity index (χ1n) is 10.0. The molecule has 2 atom stereocenters. The number of halogens is 1. The molecule has 4 rings (SSSR count). The molecule has 5 nitrogen and oxygen atoms in total. The van der Waals surface area contributed by atoms with Crippen molar-refractivity contribution >= 4 is 46.8 Å². The van der Waals surface area contributed by atoms with Gasteiger partial charge in [0.2, 0.25) is 11.8 Å². The van der Waals surface area contributed by atoms with Gasteiger partial charge in [-0.1, -0.05) is 49.2 Å². The molecule has 3 N–H and O–H groups in total. The van der Waals surface area contributed by atoms with Crippen molar-refractivity contribution < 1.29 is 9.59 Å². The Morgan fingerprint density at radius 2 is 1.86 bits per heavy atom. The van der Waals surface area contributed by atoms with E-state index in [1.165, 1.54) is 0 Å². The highest BCUT2D eigenvalue weighted by Crippen LogP contribution is 2.31. The number of rotatable bonds is 5. The number of nitrogens with two attached hydrogens (primary N) is 1. The lowest BCUT2D eigenvalue weighted by molar-refractivity contribution is -0.141. The van der Waals surface area contributed by atoms with E-state index in [-0.39, 0.29) is 36.2 Å². The average Bonchev–Trinajstić information content (AvgIpc) is 3.43. The summed E-state index contributed by atoms with van der Waals surface area (Å²) < 4.78 is 0. The number of amides is 2. The Balaban J connectivity index is 0.00000240. The Labute approximate surface area is 182 Å². The van der Waals surface area contributed by atoms with Gasteiger partial charge in [-0.25, -0.2) is 0 Å². The Morgan fingerprint density at radius 3 is 2.59 bits per heavy atom. The zero-order valence-corrected chi connectivity index (χ0v) is 18.0. The monoisotopic (exact) mass is 433 g/mol. The number of nitrogens with one attached hydrogen (secondary N) is 1. The van der Waals surface area contributed by atoms with Gasteiger partial charge in [0.1, 0.15) is 6.04 Å². The van der Waals surface area contributed by atoms with Gasteiger partial charge in [0.05, 0.1) is 11.9 Å². The van der Waals surface area contributed by atoms with E-state index in [2.05, 4.69) is 29.6 Å². The van der Waals surface area contributed by atoms with Crippen LogP contribution in [0.5, 0.6) is 0 Å². The van der Waals surface area contributed by atoms with Crippen LogP contribution in [0.1, 0.15) is 37.3 Å². The molecular weight excluding hydrogens is 406 g/mol. The van der Waals surface area contributed by atoms with Gasteiger partial charge < -0.3 is 16.0 Å². The number of fused-ring (bicyclic) bond motifs is 1. The molecule has 156 valence electrons. The maximum Gasteiger partial charge on any atom is 0.244 e. The summed E-state index contributed by atoms with van der Waals surface area (Å²) in [5, 5.41) is 5.38. The fourth-order valence-corrected chi connectivity index (χ4v) is 5.42. The van der Waals surface area contributed by atoms with Crippen LogP contribution >= 0.6 is 24.2 Å². The van der Waals surface area contributed by atoms with Crippen LogP contribution < -0.4 is 11.1 Å². The lowest BCUT2D eigenvalue weighted by Crippen LogP contribution is -2.50. The number of thioether (sulfide) groups is 1. The summed E-state index contributed by atoms with van der Waals surface area (Å²) in [5.74, 6) is 1.41. The minimum Gasteiger partial charge on any atom is -0.346 e. The Morgan fingerprint density at radius 1 is 1.14 bits per heavy atom. The summed E-state index contributed by atoms with van der Waals surface area (Å²) in [6, 6.07) is 13.6. The summed E-state index contributed by atoms with van der Waals surface area (Å²) in [6.45, 7) is 0.320. The number of carbonyl (C=O) groups is 2. The van der Waals surface area contributed by atoms with Crippen molar-refractivity contribution in [1.82, 2.24) is 10.2 Å². The highest BCUT2D eigenvalue weighted by Gasteiger charge is 2.38. The van der Waals surface area contributed by atoms with Crippen LogP contribution in [0.3, 0.4) is 0 Å². The smallest absolute Gasteiger partial charge is 0.244 e. The van der Waals surface area contributed by atoms with E-state index in [9.17, 15) is 9.59 Å². The van der Waals surface area contributed by atoms with Gasteiger partial charge in [-0.2, -0.15) is 0 Å². The van der Waals surface area contributed by atoms with Gasteiger partial charge >= 0.3 is 0 Å². The molecular formula is C22H28ClN3O2S. The molecule has 0 aromatic heterocycles. The molecule has 0 radical (unpaired) electrons. The topological polar surface area (TPSA) is 75.4 Å². The van der Waals surface area contributed by atoms with E-state index in [0.717, 1.165) is 42.0 Å². The van der Waals surface area contributed by atoms with Gasteiger partial charge in [-0.15, -0.1) is 24.2 Å². The second-order valence-electron chi connectivity index (χ2n) is 7.71. The molecule has 2 fully saturated rings. The van der Waals surface area contributed by atoms with Crippen LogP contribution in [0.2, 0.25) is 0 Å². The molecule has 1 saturated carbocycles. The Hall–Kier alpha value is -1.76. The second-order valence-corrected chi connectivity index (χ2v) is 8.71. The van der Waals surface area contributed by atoms with Crippen molar-refractivity contribution in [2.75, 3.05) is 18.2 Å². The minimum absolute atomic E-state index is 0. The van der Waals surface area contributed by atoms with Gasteiger partial charge in [0.15, 0.2) is 0 Å². The standard InChI is InChI=1S/C22H27N3O2S.ClH/c23-12-19(18-10-9-15-5-1-4-8-17(15)11-18)24-21(26)20-13-28-14-25(20)22(27)16-6-2-3-7-16;/h1,4-5,8-11,16,19-20H,2-3,6-7,12-14,23H2,(H,24,26);1H. The zero-order valence-electron chi connectivity index (χ0n) is 16.4. The predicted molar refractivity (Wildman–Crippen MR) is 121 cm³/mol. The summed E-state index contributed by atoms with van der Waals surface area (Å²) in [4.78, 5) is 27.6. The van der Waals surface area contributed by atoms with Gasteiger partial charge in [0, 0.05) is 18.2 Å². The highest BCUT2D eigenvalue weighted by atomic mass is 35.5. The molecule has 2 aromatic rings.